The van der Waals surface area contributed by atoms with Crippen molar-refractivity contribution in [2.75, 3.05) is 32.6 Å². The average molecular weight is 392 g/mol. The number of rotatable bonds is 5. The summed E-state index contributed by atoms with van der Waals surface area (Å²) in [7, 11) is -7.20. The molecule has 2 aliphatic rings. The molecule has 0 saturated carbocycles. The Labute approximate surface area is 147 Å². The van der Waals surface area contributed by atoms with Crippen molar-refractivity contribution in [2.24, 2.45) is 0 Å². The number of benzene rings is 1. The van der Waals surface area contributed by atoms with E-state index in [9.17, 15) is 21.2 Å². The van der Waals surface area contributed by atoms with E-state index >= 15 is 0 Å². The third-order valence-corrected chi connectivity index (χ3v) is 7.78. The predicted molar refractivity (Wildman–Crippen MR) is 89.5 cm³/mol. The van der Waals surface area contributed by atoms with Gasteiger partial charge in [0.15, 0.2) is 0 Å². The van der Waals surface area contributed by atoms with Crippen LogP contribution >= 0.6 is 0 Å². The smallest absolute Gasteiger partial charge is 0.243 e. The second-order valence-electron chi connectivity index (χ2n) is 6.37. The summed E-state index contributed by atoms with van der Waals surface area (Å²) in [6, 6.07) is 4.07. The van der Waals surface area contributed by atoms with Crippen molar-refractivity contribution in [3.05, 3.63) is 30.1 Å². The Kier molecular flexibility index (Phi) is 5.18. The van der Waals surface area contributed by atoms with Crippen molar-refractivity contribution in [1.29, 1.82) is 0 Å². The minimum absolute atomic E-state index is 0.00400. The molecule has 1 aromatic carbocycles. The molecule has 10 heteroatoms. The Morgan fingerprint density at radius 2 is 1.60 bits per heavy atom. The molecule has 0 radical (unpaired) electrons. The van der Waals surface area contributed by atoms with E-state index in [4.69, 9.17) is 4.74 Å². The molecule has 0 unspecified atom stereocenters. The SMILES string of the molecule is CS(=O)(=O)N(C1CCOCC1)C1CN(S(=O)(=O)c2ccc(F)cc2)C1. The van der Waals surface area contributed by atoms with Crippen LogP contribution < -0.4 is 0 Å². The van der Waals surface area contributed by atoms with Gasteiger partial charge in [0.1, 0.15) is 5.82 Å². The molecule has 2 aliphatic heterocycles. The van der Waals surface area contributed by atoms with Crippen LogP contribution in [0.15, 0.2) is 29.2 Å². The van der Waals surface area contributed by atoms with Crippen molar-refractivity contribution in [3.8, 4) is 0 Å². The van der Waals surface area contributed by atoms with Gasteiger partial charge in [-0.05, 0) is 37.1 Å². The molecular formula is C15H21FN2O5S2. The maximum absolute atomic E-state index is 13.0. The maximum atomic E-state index is 13.0. The molecule has 0 bridgehead atoms. The van der Waals surface area contributed by atoms with E-state index in [2.05, 4.69) is 0 Å². The van der Waals surface area contributed by atoms with Gasteiger partial charge in [-0.15, -0.1) is 0 Å². The average Bonchev–Trinajstić information content (AvgIpc) is 2.50. The fourth-order valence-corrected chi connectivity index (χ4v) is 6.25. The lowest BCUT2D eigenvalue weighted by Gasteiger charge is -2.46. The summed E-state index contributed by atoms with van der Waals surface area (Å²) in [6.45, 7) is 1.20. The summed E-state index contributed by atoms with van der Waals surface area (Å²) in [4.78, 5) is 0.00400. The molecule has 1 aromatic rings. The molecule has 0 aliphatic carbocycles. The van der Waals surface area contributed by atoms with Gasteiger partial charge in [-0.1, -0.05) is 0 Å². The van der Waals surface area contributed by atoms with Gasteiger partial charge in [0.05, 0.1) is 17.2 Å². The van der Waals surface area contributed by atoms with Crippen LogP contribution in [0, 0.1) is 5.82 Å². The standard InChI is InChI=1S/C15H21FN2O5S2/c1-24(19,20)18(13-6-8-23-9-7-13)14-10-17(11-14)25(21,22)15-4-2-12(16)3-5-15/h2-5,13-14H,6-11H2,1H3. The van der Waals surface area contributed by atoms with E-state index in [0.29, 0.717) is 26.1 Å². The van der Waals surface area contributed by atoms with Gasteiger partial charge in [-0.3, -0.25) is 0 Å². The van der Waals surface area contributed by atoms with Crippen LogP contribution in [0.3, 0.4) is 0 Å². The monoisotopic (exact) mass is 392 g/mol. The normalized spacial score (nSPS) is 21.4. The van der Waals surface area contributed by atoms with E-state index in [-0.39, 0.29) is 30.1 Å². The lowest BCUT2D eigenvalue weighted by Crippen LogP contribution is -2.64. The first-order valence-corrected chi connectivity index (χ1v) is 11.3. The van der Waals surface area contributed by atoms with Crippen LogP contribution in [-0.2, 0) is 24.8 Å². The molecule has 3 rings (SSSR count). The van der Waals surface area contributed by atoms with Gasteiger partial charge < -0.3 is 4.74 Å². The lowest BCUT2D eigenvalue weighted by atomic mass is 10.1. The Morgan fingerprint density at radius 3 is 2.12 bits per heavy atom. The Bertz CT molecular complexity index is 814. The van der Waals surface area contributed by atoms with Crippen molar-refractivity contribution >= 4 is 20.0 Å². The summed E-state index contributed by atoms with van der Waals surface area (Å²) in [5.74, 6) is -0.511. The highest BCUT2D eigenvalue weighted by Gasteiger charge is 2.45. The zero-order chi connectivity index (χ0) is 18.2. The Hall–Kier alpha value is -1.07. The number of nitrogens with zero attached hydrogens (tertiary/aromatic N) is 2. The summed E-state index contributed by atoms with van der Waals surface area (Å²) in [6.07, 6.45) is 2.36. The first kappa shape index (κ1) is 18.7. The number of halogens is 1. The zero-order valence-electron chi connectivity index (χ0n) is 13.8. The molecule has 0 atom stereocenters. The minimum Gasteiger partial charge on any atom is -0.381 e. The van der Waals surface area contributed by atoms with E-state index in [0.717, 1.165) is 18.4 Å². The van der Waals surface area contributed by atoms with Gasteiger partial charge in [-0.25, -0.2) is 21.2 Å². The largest absolute Gasteiger partial charge is 0.381 e. The van der Waals surface area contributed by atoms with Crippen LogP contribution in [0.2, 0.25) is 0 Å². The predicted octanol–water partition coefficient (Wildman–Crippen LogP) is 0.639. The van der Waals surface area contributed by atoms with Crippen LogP contribution in [0.25, 0.3) is 0 Å². The summed E-state index contributed by atoms with van der Waals surface area (Å²) in [5, 5.41) is 0. The number of hydrogen-bond donors (Lipinski definition) is 0. The second kappa shape index (κ2) is 6.92. The van der Waals surface area contributed by atoms with Crippen LogP contribution in [0.4, 0.5) is 4.39 Å². The lowest BCUT2D eigenvalue weighted by molar-refractivity contribution is 0.0317. The molecule has 0 amide bonds. The molecule has 2 fully saturated rings. The molecule has 0 spiro atoms. The first-order valence-electron chi connectivity index (χ1n) is 8.01. The molecule has 25 heavy (non-hydrogen) atoms. The summed E-state index contributed by atoms with van der Waals surface area (Å²) < 4.78 is 70.4. The maximum Gasteiger partial charge on any atom is 0.243 e. The topological polar surface area (TPSA) is 84.0 Å². The fraction of sp³-hybridized carbons (Fsp3) is 0.600. The van der Waals surface area contributed by atoms with Gasteiger partial charge in [-0.2, -0.15) is 8.61 Å². The molecule has 0 N–H and O–H groups in total. The van der Waals surface area contributed by atoms with Crippen LogP contribution in [-0.4, -0.2) is 70.1 Å². The molecule has 2 heterocycles. The fourth-order valence-electron chi connectivity index (χ4n) is 3.31. The summed E-state index contributed by atoms with van der Waals surface area (Å²) in [5.41, 5.74) is 0. The van der Waals surface area contributed by atoms with Crippen molar-refractivity contribution in [3.63, 3.8) is 0 Å². The third-order valence-electron chi connectivity index (χ3n) is 4.57. The van der Waals surface area contributed by atoms with Crippen LogP contribution in [0.5, 0.6) is 0 Å². The van der Waals surface area contributed by atoms with Crippen molar-refractivity contribution < 1.29 is 26.0 Å². The van der Waals surface area contributed by atoms with E-state index in [1.807, 2.05) is 0 Å². The highest BCUT2D eigenvalue weighted by molar-refractivity contribution is 7.89. The number of hydrogen-bond acceptors (Lipinski definition) is 5. The van der Waals surface area contributed by atoms with E-state index in [1.165, 1.54) is 20.7 Å². The van der Waals surface area contributed by atoms with Gasteiger partial charge >= 0.3 is 0 Å². The molecule has 7 nitrogen and oxygen atoms in total. The van der Waals surface area contributed by atoms with Crippen molar-refractivity contribution in [1.82, 2.24) is 8.61 Å². The Balaban J connectivity index is 1.73. The molecule has 140 valence electrons. The minimum atomic E-state index is -3.74. The van der Waals surface area contributed by atoms with E-state index < -0.39 is 25.9 Å². The Morgan fingerprint density at radius 1 is 1.04 bits per heavy atom. The van der Waals surface area contributed by atoms with E-state index in [1.54, 1.807) is 0 Å². The zero-order valence-corrected chi connectivity index (χ0v) is 15.5. The molecule has 2 saturated heterocycles. The number of sulfonamides is 2. The molecular weight excluding hydrogens is 371 g/mol. The highest BCUT2D eigenvalue weighted by Crippen LogP contribution is 2.29. The van der Waals surface area contributed by atoms with Crippen molar-refractivity contribution in [2.45, 2.75) is 29.8 Å². The second-order valence-corrected chi connectivity index (χ2v) is 10.2. The van der Waals surface area contributed by atoms with Crippen LogP contribution in [0.1, 0.15) is 12.8 Å². The quantitative estimate of drug-likeness (QED) is 0.734. The summed E-state index contributed by atoms with van der Waals surface area (Å²) >= 11 is 0. The van der Waals surface area contributed by atoms with Gasteiger partial charge in [0.25, 0.3) is 0 Å². The van der Waals surface area contributed by atoms with Gasteiger partial charge in [0.2, 0.25) is 20.0 Å². The molecule has 0 aromatic heterocycles. The number of ether oxygens (including phenoxy) is 1. The van der Waals surface area contributed by atoms with Gasteiger partial charge in [0, 0.05) is 32.3 Å². The first-order chi connectivity index (χ1) is 11.7. The third kappa shape index (κ3) is 3.87. The highest BCUT2D eigenvalue weighted by atomic mass is 32.2.